The molecule has 23 heavy (non-hydrogen) atoms. The second kappa shape index (κ2) is 7.20. The van der Waals surface area contributed by atoms with Crippen molar-refractivity contribution in [3.05, 3.63) is 0 Å². The van der Waals surface area contributed by atoms with Gasteiger partial charge in [0.05, 0.1) is 0 Å². The Balaban J connectivity index is 1.52. The van der Waals surface area contributed by atoms with E-state index in [1.165, 1.54) is 6.42 Å². The minimum atomic E-state index is -0.445. The van der Waals surface area contributed by atoms with Gasteiger partial charge in [0.1, 0.15) is 6.04 Å². The van der Waals surface area contributed by atoms with E-state index in [9.17, 15) is 9.59 Å². The van der Waals surface area contributed by atoms with Crippen LogP contribution in [0.1, 0.15) is 64.7 Å². The predicted octanol–water partition coefficient (Wildman–Crippen LogP) is 1.70. The fourth-order valence-corrected chi connectivity index (χ4v) is 4.90. The van der Waals surface area contributed by atoms with Crippen LogP contribution < -0.4 is 16.4 Å². The number of hydrogen-bond donors (Lipinski definition) is 3. The molecule has 0 heterocycles. The molecule has 0 saturated heterocycles. The maximum Gasteiger partial charge on any atom is 0.242 e. The summed E-state index contributed by atoms with van der Waals surface area (Å²) in [7, 11) is 0. The molecule has 0 aromatic carbocycles. The topological polar surface area (TPSA) is 84.2 Å². The van der Waals surface area contributed by atoms with Crippen molar-refractivity contribution in [2.75, 3.05) is 0 Å². The van der Waals surface area contributed by atoms with Crippen LogP contribution in [-0.4, -0.2) is 29.9 Å². The summed E-state index contributed by atoms with van der Waals surface area (Å²) < 4.78 is 0. The van der Waals surface area contributed by atoms with E-state index in [0.717, 1.165) is 51.4 Å². The molecule has 3 atom stereocenters. The molecule has 3 aliphatic carbocycles. The van der Waals surface area contributed by atoms with Gasteiger partial charge in [0, 0.05) is 18.0 Å². The van der Waals surface area contributed by atoms with E-state index < -0.39 is 6.04 Å². The number of rotatable bonds is 4. The summed E-state index contributed by atoms with van der Waals surface area (Å²) in [6, 6.07) is 0.0965. The molecular formula is C18H31N3O2. The van der Waals surface area contributed by atoms with Crippen LogP contribution in [0.2, 0.25) is 0 Å². The van der Waals surface area contributed by atoms with Gasteiger partial charge in [-0.2, -0.15) is 0 Å². The molecular weight excluding hydrogens is 290 g/mol. The first-order chi connectivity index (χ1) is 11.0. The summed E-state index contributed by atoms with van der Waals surface area (Å²) in [6.07, 6.45) is 9.80. The van der Waals surface area contributed by atoms with Gasteiger partial charge in [0.2, 0.25) is 11.8 Å². The number of hydrogen-bond acceptors (Lipinski definition) is 3. The fourth-order valence-electron chi connectivity index (χ4n) is 4.90. The third kappa shape index (κ3) is 3.87. The van der Waals surface area contributed by atoms with Gasteiger partial charge in [0.15, 0.2) is 0 Å². The molecule has 0 aliphatic heterocycles. The molecule has 3 fully saturated rings. The Labute approximate surface area is 139 Å². The zero-order valence-electron chi connectivity index (χ0n) is 14.2. The smallest absolute Gasteiger partial charge is 0.242 e. The average Bonchev–Trinajstić information content (AvgIpc) is 3.02. The predicted molar refractivity (Wildman–Crippen MR) is 89.5 cm³/mol. The van der Waals surface area contributed by atoms with Gasteiger partial charge in [-0.3, -0.25) is 9.59 Å². The highest BCUT2D eigenvalue weighted by molar-refractivity contribution is 5.88. The molecule has 3 aliphatic rings. The van der Waals surface area contributed by atoms with E-state index >= 15 is 0 Å². The maximum absolute atomic E-state index is 12.5. The van der Waals surface area contributed by atoms with Crippen LogP contribution in [0.5, 0.6) is 0 Å². The third-order valence-electron chi connectivity index (χ3n) is 6.16. The summed E-state index contributed by atoms with van der Waals surface area (Å²) in [5.74, 6) is 1.15. The van der Waals surface area contributed by atoms with Crippen molar-refractivity contribution in [2.45, 2.75) is 82.8 Å². The van der Waals surface area contributed by atoms with Crippen molar-refractivity contribution in [3.8, 4) is 0 Å². The molecule has 2 amide bonds. The normalized spacial score (nSPS) is 35.6. The van der Waals surface area contributed by atoms with E-state index in [1.54, 1.807) is 6.92 Å². The minimum absolute atomic E-state index is 0.0336. The van der Waals surface area contributed by atoms with Gasteiger partial charge >= 0.3 is 0 Å². The molecule has 0 aromatic rings. The van der Waals surface area contributed by atoms with Crippen LogP contribution in [0, 0.1) is 17.8 Å². The second-order valence-corrected chi connectivity index (χ2v) is 7.93. The Bertz CT molecular complexity index is 434. The Hall–Kier alpha value is -1.10. The van der Waals surface area contributed by atoms with E-state index in [0.29, 0.717) is 11.8 Å². The van der Waals surface area contributed by atoms with Crippen molar-refractivity contribution < 1.29 is 9.59 Å². The highest BCUT2D eigenvalue weighted by Crippen LogP contribution is 2.39. The molecule has 130 valence electrons. The lowest BCUT2D eigenvalue weighted by Gasteiger charge is -2.45. The van der Waals surface area contributed by atoms with Gasteiger partial charge in [0.25, 0.3) is 0 Å². The monoisotopic (exact) mass is 321 g/mol. The first-order valence-electron chi connectivity index (χ1n) is 9.41. The highest BCUT2D eigenvalue weighted by Gasteiger charge is 2.40. The Morgan fingerprint density at radius 3 is 2.22 bits per heavy atom. The summed E-state index contributed by atoms with van der Waals surface area (Å²) in [6.45, 7) is 1.80. The molecule has 0 radical (unpaired) electrons. The lowest BCUT2D eigenvalue weighted by atomic mass is 9.67. The van der Waals surface area contributed by atoms with Crippen LogP contribution in [0.3, 0.4) is 0 Å². The zero-order valence-corrected chi connectivity index (χ0v) is 14.2. The molecule has 3 saturated carbocycles. The number of nitrogens with two attached hydrogens (primary N) is 1. The number of amides is 2. The van der Waals surface area contributed by atoms with Crippen molar-refractivity contribution in [1.82, 2.24) is 10.6 Å². The second-order valence-electron chi connectivity index (χ2n) is 7.93. The van der Waals surface area contributed by atoms with Crippen LogP contribution in [-0.2, 0) is 9.59 Å². The number of carbonyl (C=O) groups is 2. The SMILES string of the molecule is CC(NC(=O)C1CCCC1)C(=O)NC1C2CCCC1CC(N)C2. The summed E-state index contributed by atoms with van der Waals surface area (Å²) in [4.78, 5) is 24.7. The highest BCUT2D eigenvalue weighted by atomic mass is 16.2. The molecule has 3 unspecified atom stereocenters. The summed E-state index contributed by atoms with van der Waals surface area (Å²) >= 11 is 0. The minimum Gasteiger partial charge on any atom is -0.351 e. The Morgan fingerprint density at radius 2 is 1.61 bits per heavy atom. The lowest BCUT2D eigenvalue weighted by molar-refractivity contribution is -0.131. The molecule has 3 rings (SSSR count). The molecule has 2 bridgehead atoms. The van der Waals surface area contributed by atoms with Gasteiger partial charge in [-0.15, -0.1) is 0 Å². The van der Waals surface area contributed by atoms with Crippen molar-refractivity contribution in [3.63, 3.8) is 0 Å². The van der Waals surface area contributed by atoms with E-state index in [4.69, 9.17) is 5.73 Å². The van der Waals surface area contributed by atoms with E-state index in [2.05, 4.69) is 10.6 Å². The third-order valence-corrected chi connectivity index (χ3v) is 6.16. The van der Waals surface area contributed by atoms with Gasteiger partial charge < -0.3 is 16.4 Å². The lowest BCUT2D eigenvalue weighted by Crippen LogP contribution is -2.57. The number of carbonyl (C=O) groups excluding carboxylic acids is 2. The first kappa shape index (κ1) is 16.7. The Kier molecular flexibility index (Phi) is 5.24. The number of fused-ring (bicyclic) bond motifs is 2. The summed E-state index contributed by atoms with van der Waals surface area (Å²) in [5.41, 5.74) is 6.14. The van der Waals surface area contributed by atoms with Crippen molar-refractivity contribution in [2.24, 2.45) is 23.5 Å². The summed E-state index contributed by atoms with van der Waals surface area (Å²) in [5, 5.41) is 6.14. The quantitative estimate of drug-likeness (QED) is 0.737. The maximum atomic E-state index is 12.5. The van der Waals surface area contributed by atoms with E-state index in [1.807, 2.05) is 0 Å². The van der Waals surface area contributed by atoms with Gasteiger partial charge in [-0.25, -0.2) is 0 Å². The van der Waals surface area contributed by atoms with Gasteiger partial charge in [-0.05, 0) is 57.3 Å². The molecule has 5 nitrogen and oxygen atoms in total. The van der Waals surface area contributed by atoms with Crippen molar-refractivity contribution >= 4 is 11.8 Å². The van der Waals surface area contributed by atoms with Crippen LogP contribution >= 0.6 is 0 Å². The van der Waals surface area contributed by atoms with Crippen LogP contribution in [0.25, 0.3) is 0 Å². The largest absolute Gasteiger partial charge is 0.351 e. The average molecular weight is 321 g/mol. The standard InChI is InChI=1S/C18H31N3O2/c1-11(20-18(23)12-5-2-3-6-12)17(22)21-16-13-7-4-8-14(16)10-15(19)9-13/h11-16H,2-10,19H2,1H3,(H,20,23)(H,21,22). The zero-order chi connectivity index (χ0) is 16.4. The molecule has 4 N–H and O–H groups in total. The van der Waals surface area contributed by atoms with E-state index in [-0.39, 0.29) is 29.8 Å². The van der Waals surface area contributed by atoms with Crippen molar-refractivity contribution in [1.29, 1.82) is 0 Å². The number of nitrogens with one attached hydrogen (secondary N) is 2. The molecule has 5 heteroatoms. The fraction of sp³-hybridized carbons (Fsp3) is 0.889. The van der Waals surface area contributed by atoms with Crippen LogP contribution in [0.4, 0.5) is 0 Å². The Morgan fingerprint density at radius 1 is 1.00 bits per heavy atom. The van der Waals surface area contributed by atoms with Gasteiger partial charge in [-0.1, -0.05) is 19.3 Å². The molecule has 0 spiro atoms. The van der Waals surface area contributed by atoms with Crippen LogP contribution in [0.15, 0.2) is 0 Å². The molecule has 0 aromatic heterocycles. The first-order valence-corrected chi connectivity index (χ1v) is 9.41.